The van der Waals surface area contributed by atoms with E-state index in [9.17, 15) is 10.1 Å². The maximum atomic E-state index is 12.2. The Bertz CT molecular complexity index is 1440. The van der Waals surface area contributed by atoms with E-state index in [1.165, 1.54) is 6.21 Å². The van der Waals surface area contributed by atoms with Gasteiger partial charge in [0.25, 0.3) is 5.56 Å². The Balaban J connectivity index is 1.94. The molecule has 0 aliphatic heterocycles. The molecule has 2 heterocycles. The Kier molecular flexibility index (Phi) is 5.61. The largest absolute Gasteiger partial charge is 0.387 e. The number of rotatable bonds is 6. The highest BCUT2D eigenvalue weighted by atomic mass is 16.1. The van der Waals surface area contributed by atoms with Crippen LogP contribution in [0, 0.1) is 16.7 Å². The van der Waals surface area contributed by atoms with Crippen LogP contribution >= 0.6 is 0 Å². The quantitative estimate of drug-likeness (QED) is 0.349. The van der Waals surface area contributed by atoms with E-state index in [-0.39, 0.29) is 17.8 Å². The lowest BCUT2D eigenvalue weighted by atomic mass is 9.97. The molecule has 158 valence electrons. The monoisotopic (exact) mass is 424 g/mol. The third-order valence-electron chi connectivity index (χ3n) is 5.15. The summed E-state index contributed by atoms with van der Waals surface area (Å²) >= 11 is 0. The minimum absolute atomic E-state index is 0.154. The molecule has 0 aliphatic rings. The third kappa shape index (κ3) is 3.55. The molecule has 0 atom stereocenters. The normalized spacial score (nSPS) is 11.7. The number of benzene rings is 2. The molecule has 0 saturated heterocycles. The van der Waals surface area contributed by atoms with E-state index in [0.717, 1.165) is 5.69 Å². The highest BCUT2D eigenvalue weighted by molar-refractivity contribution is 6.18. The summed E-state index contributed by atoms with van der Waals surface area (Å²) in [6, 6.07) is 16.8. The number of aromatic amines is 1. The van der Waals surface area contributed by atoms with Gasteiger partial charge in [-0.25, -0.2) is 9.78 Å². The first kappa shape index (κ1) is 20.7. The van der Waals surface area contributed by atoms with E-state index in [1.54, 1.807) is 36.1 Å². The first-order valence-electron chi connectivity index (χ1n) is 9.81. The van der Waals surface area contributed by atoms with Gasteiger partial charge in [0.2, 0.25) is 0 Å². The lowest BCUT2D eigenvalue weighted by molar-refractivity contribution is 0.873. The van der Waals surface area contributed by atoms with E-state index in [2.05, 4.69) is 26.7 Å². The summed E-state index contributed by atoms with van der Waals surface area (Å²) in [4.78, 5) is 12.2. The Labute approximate surface area is 183 Å². The fraction of sp³-hybridized carbons (Fsp3) is 0.0870. The van der Waals surface area contributed by atoms with Crippen LogP contribution in [0.3, 0.4) is 0 Å². The summed E-state index contributed by atoms with van der Waals surface area (Å²) in [5.41, 5.74) is 9.39. The van der Waals surface area contributed by atoms with Gasteiger partial charge in [0.15, 0.2) is 5.69 Å². The van der Waals surface area contributed by atoms with Crippen molar-refractivity contribution in [3.05, 3.63) is 87.6 Å². The molecule has 0 amide bonds. The highest BCUT2D eigenvalue weighted by Gasteiger charge is 2.18. The first-order chi connectivity index (χ1) is 15.6. The van der Waals surface area contributed by atoms with Gasteiger partial charge in [0.05, 0.1) is 28.0 Å². The molecule has 0 spiro atoms. The van der Waals surface area contributed by atoms with Crippen molar-refractivity contribution in [3.8, 4) is 11.8 Å². The van der Waals surface area contributed by atoms with E-state index in [1.807, 2.05) is 30.3 Å². The lowest BCUT2D eigenvalue weighted by Gasteiger charge is -2.12. The van der Waals surface area contributed by atoms with E-state index < -0.39 is 0 Å². The van der Waals surface area contributed by atoms with Crippen LogP contribution in [-0.2, 0) is 6.54 Å². The van der Waals surface area contributed by atoms with Gasteiger partial charge in [-0.2, -0.15) is 15.5 Å². The zero-order valence-corrected chi connectivity index (χ0v) is 17.3. The molecule has 0 radical (unpaired) electrons. The van der Waals surface area contributed by atoms with Crippen molar-refractivity contribution in [2.45, 2.75) is 6.54 Å². The minimum Gasteiger partial charge on any atom is -0.387 e. The molecule has 2 aromatic heterocycles. The van der Waals surface area contributed by atoms with Gasteiger partial charge >= 0.3 is 0 Å². The molecule has 2 aromatic carbocycles. The van der Waals surface area contributed by atoms with Crippen LogP contribution < -0.4 is 16.6 Å². The number of nitrogens with one attached hydrogen (secondary N) is 3. The van der Waals surface area contributed by atoms with Gasteiger partial charge < -0.3 is 16.5 Å². The predicted octanol–water partition coefficient (Wildman–Crippen LogP) is 2.18. The molecule has 32 heavy (non-hydrogen) atoms. The van der Waals surface area contributed by atoms with E-state index in [0.29, 0.717) is 38.9 Å². The van der Waals surface area contributed by atoms with Crippen LogP contribution in [0.4, 0.5) is 0 Å². The van der Waals surface area contributed by atoms with E-state index >= 15 is 0 Å². The summed E-state index contributed by atoms with van der Waals surface area (Å²) in [6.07, 6.45) is 2.96. The van der Waals surface area contributed by atoms with Crippen LogP contribution in [0.2, 0.25) is 0 Å². The van der Waals surface area contributed by atoms with Crippen LogP contribution in [0.15, 0.2) is 59.5 Å². The molecular weight excluding hydrogens is 404 g/mol. The van der Waals surface area contributed by atoms with Crippen molar-refractivity contribution in [3.63, 3.8) is 0 Å². The van der Waals surface area contributed by atoms with Crippen LogP contribution in [-0.4, -0.2) is 33.2 Å². The van der Waals surface area contributed by atoms with Crippen LogP contribution in [0.1, 0.15) is 22.5 Å². The van der Waals surface area contributed by atoms with Crippen molar-refractivity contribution < 1.29 is 0 Å². The molecule has 9 heteroatoms. The topological polar surface area (TPSA) is 149 Å². The second-order valence-corrected chi connectivity index (χ2v) is 6.93. The molecule has 4 rings (SSSR count). The van der Waals surface area contributed by atoms with Crippen LogP contribution in [0.25, 0.3) is 27.7 Å². The zero-order valence-electron chi connectivity index (χ0n) is 17.3. The number of nitrogens with two attached hydrogens (primary N) is 1. The van der Waals surface area contributed by atoms with E-state index in [4.69, 9.17) is 11.1 Å². The van der Waals surface area contributed by atoms with Crippen molar-refractivity contribution in [2.24, 2.45) is 5.73 Å². The number of nitrogens with zero attached hydrogens (tertiary/aromatic N) is 4. The Hall–Kier alpha value is -4.55. The number of H-pyrrole nitrogens is 1. The molecule has 0 fully saturated rings. The molecule has 0 unspecified atom stereocenters. The van der Waals surface area contributed by atoms with Gasteiger partial charge in [0.1, 0.15) is 6.07 Å². The third-order valence-corrected chi connectivity index (χ3v) is 5.15. The molecule has 9 nitrogen and oxygen atoms in total. The minimum atomic E-state index is -0.311. The second kappa shape index (κ2) is 8.67. The first-order valence-corrected chi connectivity index (χ1v) is 9.81. The number of hydrogen-bond acceptors (Lipinski definition) is 7. The van der Waals surface area contributed by atoms with Crippen LogP contribution in [0.5, 0.6) is 0 Å². The molecular formula is C23H20N8O. The number of para-hydroxylation sites is 1. The van der Waals surface area contributed by atoms with Gasteiger partial charge in [-0.05, 0) is 29.8 Å². The fourth-order valence-electron chi connectivity index (χ4n) is 3.61. The zero-order chi connectivity index (χ0) is 22.7. The van der Waals surface area contributed by atoms with Crippen molar-refractivity contribution in [1.29, 1.82) is 10.7 Å². The van der Waals surface area contributed by atoms with Gasteiger partial charge in [-0.3, -0.25) is 4.79 Å². The number of fused-ring (bicyclic) bond motifs is 1. The van der Waals surface area contributed by atoms with Crippen molar-refractivity contribution >= 4 is 28.3 Å². The predicted molar refractivity (Wildman–Crippen MR) is 123 cm³/mol. The summed E-state index contributed by atoms with van der Waals surface area (Å²) in [5.74, 6) is 0. The Morgan fingerprint density at radius 1 is 1.28 bits per heavy atom. The molecule has 0 aliphatic carbocycles. The Morgan fingerprint density at radius 3 is 2.72 bits per heavy atom. The van der Waals surface area contributed by atoms with Gasteiger partial charge in [0, 0.05) is 37.0 Å². The highest BCUT2D eigenvalue weighted by Crippen LogP contribution is 2.28. The average Bonchev–Trinajstić information content (AvgIpc) is 3.27. The van der Waals surface area contributed by atoms with Gasteiger partial charge in [-0.15, -0.1) is 0 Å². The summed E-state index contributed by atoms with van der Waals surface area (Å²) < 4.78 is 1.63. The number of hydrogen-bond donors (Lipinski definition) is 4. The summed E-state index contributed by atoms with van der Waals surface area (Å²) in [5, 5.41) is 32.9. The molecule has 5 N–H and O–H groups in total. The van der Waals surface area contributed by atoms with Crippen molar-refractivity contribution in [1.82, 2.24) is 25.3 Å². The lowest BCUT2D eigenvalue weighted by Crippen LogP contribution is -2.14. The average molecular weight is 424 g/mol. The molecule has 0 bridgehead atoms. The number of aromatic nitrogens is 4. The second-order valence-electron chi connectivity index (χ2n) is 6.93. The maximum absolute atomic E-state index is 12.2. The smallest absolute Gasteiger partial charge is 0.272 e. The number of allylic oxidation sites excluding steroid dienone is 1. The maximum Gasteiger partial charge on any atom is 0.272 e. The fourth-order valence-corrected chi connectivity index (χ4v) is 3.61. The molecule has 0 saturated carbocycles. The SMILES string of the molecule is CN/C(=C(\C=N)c1ccc2c(=O)[nH]nc(CN)c2c1)c1cn(-c2ccccc2)nc1C#N. The van der Waals surface area contributed by atoms with Gasteiger partial charge in [-0.1, -0.05) is 24.3 Å². The summed E-state index contributed by atoms with van der Waals surface area (Å²) in [7, 11) is 1.72. The standard InChI is InChI=1S/C23H20N8O/c1-27-22(19-13-31(30-21(19)12-26)15-5-3-2-4-6-15)18(10-24)14-7-8-16-17(9-14)20(11-25)28-29-23(16)32/h2-10,13,24,27H,11,25H2,1H3,(H,29,32)/b22-18+,24-10?. The Morgan fingerprint density at radius 2 is 2.06 bits per heavy atom. The van der Waals surface area contributed by atoms with Crippen molar-refractivity contribution in [2.75, 3.05) is 7.05 Å². The molecule has 4 aromatic rings. The summed E-state index contributed by atoms with van der Waals surface area (Å²) in [6.45, 7) is 0.154. The number of nitriles is 1.